The number of rotatable bonds is 8. The van der Waals surface area contributed by atoms with E-state index in [2.05, 4.69) is 29.6 Å². The Bertz CT molecular complexity index is 979. The molecule has 2 unspecified atom stereocenters. The predicted octanol–water partition coefficient (Wildman–Crippen LogP) is 7.40. The lowest BCUT2D eigenvalue weighted by Gasteiger charge is -2.39. The fraction of sp³-hybridized carbons (Fsp3) is 0.375. The number of allylic oxidation sites excluding steroid dienone is 3. The second kappa shape index (κ2) is 9.92. The number of hydrogen-bond donors (Lipinski definition) is 0. The molecule has 1 aliphatic carbocycles. The van der Waals surface area contributed by atoms with E-state index in [-0.39, 0.29) is 14.2 Å². The second-order valence-corrected chi connectivity index (χ2v) is 10.9. The van der Waals surface area contributed by atoms with Crippen molar-refractivity contribution in [2.45, 2.75) is 37.9 Å². The molecule has 1 aliphatic heterocycles. The van der Waals surface area contributed by atoms with Crippen molar-refractivity contribution < 1.29 is 9.26 Å². The highest BCUT2D eigenvalue weighted by atomic mass is 35.5. The zero-order chi connectivity index (χ0) is 22.0. The third-order valence-electron chi connectivity index (χ3n) is 5.77. The summed E-state index contributed by atoms with van der Waals surface area (Å²) in [6.45, 7) is 11.4. The van der Waals surface area contributed by atoms with Crippen molar-refractivity contribution in [1.29, 1.82) is 0 Å². The van der Waals surface area contributed by atoms with Gasteiger partial charge in [0.1, 0.15) is 11.5 Å². The lowest BCUT2D eigenvalue weighted by molar-refractivity contribution is 0.0428. The van der Waals surface area contributed by atoms with Gasteiger partial charge >= 0.3 is 0 Å². The molecular formula is C24H27Cl2N2O2P. The largest absolute Gasteiger partial charge is 0.373 e. The van der Waals surface area contributed by atoms with E-state index in [0.29, 0.717) is 28.3 Å². The molecule has 0 amide bonds. The molecule has 4 nitrogen and oxygen atoms in total. The molecule has 0 radical (unpaired) electrons. The molecular weight excluding hydrogens is 450 g/mol. The van der Waals surface area contributed by atoms with E-state index in [0.717, 1.165) is 54.6 Å². The third-order valence-corrected chi connectivity index (χ3v) is 8.59. The summed E-state index contributed by atoms with van der Waals surface area (Å²) in [4.78, 5) is 0. The molecule has 2 aliphatic rings. The van der Waals surface area contributed by atoms with Crippen LogP contribution in [-0.4, -0.2) is 35.3 Å². The number of ether oxygens (including phenoxy) is 1. The van der Waals surface area contributed by atoms with Crippen molar-refractivity contribution in [2.75, 3.05) is 19.4 Å². The number of hydrogen-bond acceptors (Lipinski definition) is 4. The summed E-state index contributed by atoms with van der Waals surface area (Å²) in [7, 11) is -0.350. The van der Waals surface area contributed by atoms with Gasteiger partial charge in [-0.3, -0.25) is 0 Å². The molecule has 1 saturated heterocycles. The van der Waals surface area contributed by atoms with Crippen molar-refractivity contribution in [1.82, 2.24) is 9.83 Å². The van der Waals surface area contributed by atoms with Crippen molar-refractivity contribution >= 4 is 31.3 Å². The van der Waals surface area contributed by atoms with Crippen LogP contribution in [0.3, 0.4) is 0 Å². The summed E-state index contributed by atoms with van der Waals surface area (Å²) in [6.07, 6.45) is 10.1. The average Bonchev–Trinajstić information content (AvgIpc) is 3.51. The zero-order valence-electron chi connectivity index (χ0n) is 17.7. The molecule has 2 atom stereocenters. The summed E-state index contributed by atoms with van der Waals surface area (Å²) in [5.41, 5.74) is 3.54. The maximum absolute atomic E-state index is 6.46. The van der Waals surface area contributed by atoms with Crippen LogP contribution in [0.2, 0.25) is 10.0 Å². The van der Waals surface area contributed by atoms with Crippen molar-refractivity contribution in [3.05, 3.63) is 76.7 Å². The Labute approximate surface area is 195 Å². The van der Waals surface area contributed by atoms with Crippen molar-refractivity contribution in [3.8, 4) is 11.3 Å². The van der Waals surface area contributed by atoms with Gasteiger partial charge < -0.3 is 13.9 Å². The molecule has 2 aromatic rings. The number of aromatic nitrogens is 1. The van der Waals surface area contributed by atoms with E-state index in [9.17, 15) is 0 Å². The van der Waals surface area contributed by atoms with Crippen LogP contribution in [0, 0.1) is 0 Å². The Kier molecular flexibility index (Phi) is 7.23. The van der Waals surface area contributed by atoms with E-state index >= 15 is 0 Å². The van der Waals surface area contributed by atoms with Gasteiger partial charge in [0, 0.05) is 35.4 Å². The summed E-state index contributed by atoms with van der Waals surface area (Å²) in [6, 6.07) is 5.49. The molecule has 1 saturated carbocycles. The molecule has 1 aromatic heterocycles. The van der Waals surface area contributed by atoms with Crippen molar-refractivity contribution in [2.24, 2.45) is 0 Å². The van der Waals surface area contributed by atoms with E-state index in [4.69, 9.17) is 32.5 Å². The second-order valence-electron chi connectivity index (χ2n) is 7.96. The van der Waals surface area contributed by atoms with Crippen LogP contribution in [0.1, 0.15) is 36.5 Å². The quantitative estimate of drug-likeness (QED) is 0.293. The highest BCUT2D eigenvalue weighted by molar-refractivity contribution is 7.54. The summed E-state index contributed by atoms with van der Waals surface area (Å²) < 4.78 is 14.6. The smallest absolute Gasteiger partial charge is 0.145 e. The number of benzene rings is 1. The molecule has 2 heterocycles. The summed E-state index contributed by atoms with van der Waals surface area (Å²) >= 11 is 12.9. The van der Waals surface area contributed by atoms with E-state index in [1.807, 2.05) is 36.4 Å². The lowest BCUT2D eigenvalue weighted by atomic mass is 10.0. The fourth-order valence-electron chi connectivity index (χ4n) is 4.01. The Hall–Kier alpha value is -1.58. The van der Waals surface area contributed by atoms with Gasteiger partial charge in [-0.2, -0.15) is 0 Å². The monoisotopic (exact) mass is 476 g/mol. The topological polar surface area (TPSA) is 38.5 Å². The minimum Gasteiger partial charge on any atom is -0.373 e. The van der Waals surface area contributed by atoms with E-state index < -0.39 is 0 Å². The van der Waals surface area contributed by atoms with E-state index in [1.165, 1.54) is 0 Å². The van der Waals surface area contributed by atoms with Crippen LogP contribution in [0.15, 0.2) is 59.8 Å². The first-order chi connectivity index (χ1) is 15.0. The highest BCUT2D eigenvalue weighted by Crippen LogP contribution is 2.47. The molecule has 2 fully saturated rings. The van der Waals surface area contributed by atoms with E-state index in [1.54, 1.807) is 0 Å². The van der Waals surface area contributed by atoms with Gasteiger partial charge in [-0.15, -0.1) is 0 Å². The normalized spacial score (nSPS) is 21.9. The molecule has 1 aromatic carbocycles. The molecule has 0 N–H and O–H groups in total. The molecule has 7 heteroatoms. The lowest BCUT2D eigenvalue weighted by Crippen LogP contribution is -2.33. The molecule has 164 valence electrons. The number of halogens is 2. The van der Waals surface area contributed by atoms with Gasteiger partial charge in [0.05, 0.1) is 22.8 Å². The third kappa shape index (κ3) is 4.93. The van der Waals surface area contributed by atoms with Crippen LogP contribution < -0.4 is 0 Å². The van der Waals surface area contributed by atoms with Crippen LogP contribution in [0.5, 0.6) is 0 Å². The Morgan fingerprint density at radius 2 is 2.03 bits per heavy atom. The maximum atomic E-state index is 6.46. The Morgan fingerprint density at radius 1 is 1.29 bits per heavy atom. The standard InChI is InChI=1S/C24H27Cl2N2O2P/c1-4-7-17(5-2)28-13-12-18(15-31(28)3)29-14-19-23(27-30-24(19)16-10-11-16)22-20(25)8-6-9-21(22)26/h4-9,16,18H,1-2,10-15H2,3H3/b17-7+. The fourth-order valence-corrected chi connectivity index (χ4v) is 6.66. The van der Waals surface area contributed by atoms with Crippen LogP contribution in [0.25, 0.3) is 11.3 Å². The minimum atomic E-state index is -0.350. The van der Waals surface area contributed by atoms with Crippen molar-refractivity contribution in [3.63, 3.8) is 0 Å². The van der Waals surface area contributed by atoms with Crippen LogP contribution >= 0.6 is 31.3 Å². The Balaban J connectivity index is 1.51. The zero-order valence-corrected chi connectivity index (χ0v) is 20.1. The van der Waals surface area contributed by atoms with Gasteiger partial charge in [0.15, 0.2) is 0 Å². The minimum absolute atomic E-state index is 0.193. The first kappa shape index (κ1) is 22.6. The summed E-state index contributed by atoms with van der Waals surface area (Å²) in [5.74, 6) is 1.34. The molecule has 31 heavy (non-hydrogen) atoms. The van der Waals surface area contributed by atoms with Crippen LogP contribution in [-0.2, 0) is 11.3 Å². The predicted molar refractivity (Wildman–Crippen MR) is 130 cm³/mol. The maximum Gasteiger partial charge on any atom is 0.145 e. The molecule has 0 spiro atoms. The first-order valence-corrected chi connectivity index (χ1v) is 13.2. The molecule has 4 rings (SSSR count). The molecule has 0 bridgehead atoms. The summed E-state index contributed by atoms with van der Waals surface area (Å²) in [5, 5.41) is 5.50. The van der Waals surface area contributed by atoms with Crippen LogP contribution in [0.4, 0.5) is 0 Å². The van der Waals surface area contributed by atoms with Gasteiger partial charge in [-0.1, -0.05) is 53.7 Å². The average molecular weight is 477 g/mol. The first-order valence-electron chi connectivity index (χ1n) is 10.5. The number of nitrogens with zero attached hydrogens (tertiary/aromatic N) is 2. The SMILES string of the molecule is C=C/C=C(\C=C)N1CCC(OCc2c(-c3c(Cl)cccc3Cl)noc2C2CC2)CP1C. The van der Waals surface area contributed by atoms with Gasteiger partial charge in [0.25, 0.3) is 0 Å². The Morgan fingerprint density at radius 3 is 2.65 bits per heavy atom. The highest BCUT2D eigenvalue weighted by Gasteiger charge is 2.34. The van der Waals surface area contributed by atoms with Gasteiger partial charge in [0.2, 0.25) is 0 Å². The van der Waals surface area contributed by atoms with Gasteiger partial charge in [-0.05, 0) is 58.3 Å². The van der Waals surface area contributed by atoms with Gasteiger partial charge in [-0.25, -0.2) is 0 Å².